The molecule has 1 aromatic carbocycles. The van der Waals surface area contributed by atoms with Crippen LogP contribution in [0.3, 0.4) is 0 Å². The number of aromatic nitrogens is 2. The lowest BCUT2D eigenvalue weighted by Gasteiger charge is -2.35. The summed E-state index contributed by atoms with van der Waals surface area (Å²) in [6.45, 7) is 6.40. The smallest absolute Gasteiger partial charge is 0.246 e. The van der Waals surface area contributed by atoms with Gasteiger partial charge in [-0.05, 0) is 105 Å². The summed E-state index contributed by atoms with van der Waals surface area (Å²) in [6, 6.07) is 9.18. The number of pyridine rings is 1. The standard InChI is InChI=1S/C30H35Cl2N5O2/c1-20(38)34-28-6-5-27-30(35-28)24(19-33-27)23-11-14-36(15-12-23)13-8-21-9-16-37(17-10-21)29(39)7-3-22-2-4-25(31)26(32)18-22/h2-7,18-19,21,23,33H,8-17H2,1H3,(H,34,35,38)/b7-3+. The van der Waals surface area contributed by atoms with Crippen LogP contribution in [0.4, 0.5) is 5.82 Å². The van der Waals surface area contributed by atoms with Gasteiger partial charge in [0.2, 0.25) is 11.8 Å². The molecule has 39 heavy (non-hydrogen) atoms. The quantitative estimate of drug-likeness (QED) is 0.326. The third-order valence-corrected chi connectivity index (χ3v) is 8.76. The average molecular weight is 569 g/mol. The molecule has 5 rings (SSSR count). The van der Waals surface area contributed by atoms with E-state index in [1.165, 1.54) is 18.9 Å². The van der Waals surface area contributed by atoms with Gasteiger partial charge in [-0.1, -0.05) is 29.3 Å². The minimum atomic E-state index is -0.110. The largest absolute Gasteiger partial charge is 0.360 e. The third-order valence-electron chi connectivity index (χ3n) is 8.03. The molecule has 0 atom stereocenters. The number of nitrogens with one attached hydrogen (secondary N) is 2. The van der Waals surface area contributed by atoms with Crippen LogP contribution in [0.25, 0.3) is 17.1 Å². The molecule has 7 nitrogen and oxygen atoms in total. The number of piperidine rings is 2. The van der Waals surface area contributed by atoms with E-state index >= 15 is 0 Å². The zero-order valence-corrected chi connectivity index (χ0v) is 23.8. The van der Waals surface area contributed by atoms with Crippen molar-refractivity contribution in [1.82, 2.24) is 19.8 Å². The fourth-order valence-corrected chi connectivity index (χ4v) is 6.05. The van der Waals surface area contributed by atoms with Crippen LogP contribution < -0.4 is 5.32 Å². The highest BCUT2D eigenvalue weighted by molar-refractivity contribution is 6.42. The summed E-state index contributed by atoms with van der Waals surface area (Å²) in [4.78, 5) is 36.7. The van der Waals surface area contributed by atoms with Crippen molar-refractivity contribution in [3.63, 3.8) is 0 Å². The first-order chi connectivity index (χ1) is 18.9. The van der Waals surface area contributed by atoms with E-state index in [0.717, 1.165) is 75.0 Å². The molecule has 206 valence electrons. The van der Waals surface area contributed by atoms with Gasteiger partial charge in [0.05, 0.1) is 21.1 Å². The fraction of sp³-hybridized carbons (Fsp3) is 0.433. The first-order valence-electron chi connectivity index (χ1n) is 13.8. The Hall–Kier alpha value is -2.87. The second-order valence-corrected chi connectivity index (χ2v) is 11.5. The third kappa shape index (κ3) is 7.02. The van der Waals surface area contributed by atoms with Gasteiger partial charge in [0, 0.05) is 32.3 Å². The molecule has 0 unspecified atom stereocenters. The maximum Gasteiger partial charge on any atom is 0.246 e. The summed E-state index contributed by atoms with van der Waals surface area (Å²) in [6.07, 6.45) is 11.0. The predicted molar refractivity (Wildman–Crippen MR) is 158 cm³/mol. The molecule has 2 fully saturated rings. The molecule has 2 aliphatic heterocycles. The highest BCUT2D eigenvalue weighted by Gasteiger charge is 2.26. The Morgan fingerprint density at radius 3 is 2.54 bits per heavy atom. The Balaban J connectivity index is 1.05. The van der Waals surface area contributed by atoms with Gasteiger partial charge in [-0.25, -0.2) is 4.98 Å². The molecule has 9 heteroatoms. The van der Waals surface area contributed by atoms with Gasteiger partial charge in [0.15, 0.2) is 0 Å². The summed E-state index contributed by atoms with van der Waals surface area (Å²) in [5.74, 6) is 1.68. The van der Waals surface area contributed by atoms with Gasteiger partial charge in [-0.15, -0.1) is 0 Å². The molecule has 0 aliphatic carbocycles. The zero-order valence-electron chi connectivity index (χ0n) is 22.3. The molecule has 2 aliphatic rings. The van der Waals surface area contributed by atoms with Crippen LogP contribution in [0.15, 0.2) is 42.6 Å². The molecule has 2 N–H and O–H groups in total. The van der Waals surface area contributed by atoms with Crippen molar-refractivity contribution >= 4 is 57.9 Å². The van der Waals surface area contributed by atoms with E-state index in [1.54, 1.807) is 24.3 Å². The number of carbonyl (C=O) groups excluding carboxylic acids is 2. The first kappa shape index (κ1) is 27.7. The van der Waals surface area contributed by atoms with E-state index in [4.69, 9.17) is 28.2 Å². The normalized spacial score (nSPS) is 17.8. The van der Waals surface area contributed by atoms with Gasteiger partial charge >= 0.3 is 0 Å². The van der Waals surface area contributed by atoms with Crippen molar-refractivity contribution in [3.8, 4) is 0 Å². The number of rotatable bonds is 7. The minimum Gasteiger partial charge on any atom is -0.360 e. The molecule has 2 saturated heterocycles. The van der Waals surface area contributed by atoms with Gasteiger partial charge in [0.25, 0.3) is 0 Å². The van der Waals surface area contributed by atoms with Crippen molar-refractivity contribution < 1.29 is 9.59 Å². The minimum absolute atomic E-state index is 0.0533. The second-order valence-electron chi connectivity index (χ2n) is 10.7. The van der Waals surface area contributed by atoms with Crippen molar-refractivity contribution in [1.29, 1.82) is 0 Å². The number of halogens is 2. The van der Waals surface area contributed by atoms with Gasteiger partial charge in [-0.3, -0.25) is 9.59 Å². The number of benzene rings is 1. The molecule has 2 aromatic heterocycles. The monoisotopic (exact) mass is 567 g/mol. The number of hydrogen-bond acceptors (Lipinski definition) is 4. The lowest BCUT2D eigenvalue weighted by Crippen LogP contribution is -2.39. The first-order valence-corrected chi connectivity index (χ1v) is 14.5. The number of nitrogens with zero attached hydrogens (tertiary/aromatic N) is 3. The van der Waals surface area contributed by atoms with E-state index in [2.05, 4.69) is 21.4 Å². The van der Waals surface area contributed by atoms with Crippen molar-refractivity contribution in [2.24, 2.45) is 5.92 Å². The fourth-order valence-electron chi connectivity index (χ4n) is 5.74. The summed E-state index contributed by atoms with van der Waals surface area (Å²) in [7, 11) is 0. The summed E-state index contributed by atoms with van der Waals surface area (Å²) in [5.41, 5.74) is 4.10. The highest BCUT2D eigenvalue weighted by Crippen LogP contribution is 2.33. The number of hydrogen-bond donors (Lipinski definition) is 2. The van der Waals surface area contributed by atoms with Gasteiger partial charge in [0.1, 0.15) is 5.82 Å². The van der Waals surface area contributed by atoms with Crippen LogP contribution in [-0.2, 0) is 9.59 Å². The lowest BCUT2D eigenvalue weighted by atomic mass is 9.89. The molecule has 3 aromatic rings. The number of anilines is 1. The molecule has 0 bridgehead atoms. The number of likely N-dealkylation sites (tertiary alicyclic amines) is 2. The maximum absolute atomic E-state index is 12.7. The van der Waals surface area contributed by atoms with E-state index in [0.29, 0.717) is 27.7 Å². The van der Waals surface area contributed by atoms with Crippen LogP contribution in [0.2, 0.25) is 10.0 Å². The molecular formula is C30H35Cl2N5O2. The number of carbonyl (C=O) groups is 2. The van der Waals surface area contributed by atoms with Crippen molar-refractivity contribution in [2.45, 2.75) is 44.9 Å². The summed E-state index contributed by atoms with van der Waals surface area (Å²) in [5, 5.41) is 3.79. The van der Waals surface area contributed by atoms with E-state index < -0.39 is 0 Å². The number of amides is 2. The SMILES string of the molecule is CC(=O)Nc1ccc2[nH]cc(C3CCN(CCC4CCN(C(=O)/C=C/c5ccc(Cl)c(Cl)c5)CC4)CC3)c2n1. The van der Waals surface area contributed by atoms with Crippen LogP contribution in [0, 0.1) is 5.92 Å². The molecule has 4 heterocycles. The maximum atomic E-state index is 12.7. The van der Waals surface area contributed by atoms with Crippen LogP contribution in [0.1, 0.15) is 56.1 Å². The summed E-state index contributed by atoms with van der Waals surface area (Å²) >= 11 is 12.0. The van der Waals surface area contributed by atoms with Crippen molar-refractivity contribution in [2.75, 3.05) is 38.0 Å². The number of aromatic amines is 1. The molecule has 2 amide bonds. The predicted octanol–water partition coefficient (Wildman–Crippen LogP) is 6.35. The Bertz CT molecular complexity index is 1350. The highest BCUT2D eigenvalue weighted by atomic mass is 35.5. The molecule has 0 spiro atoms. The second kappa shape index (κ2) is 12.5. The van der Waals surface area contributed by atoms with Crippen molar-refractivity contribution in [3.05, 3.63) is 63.8 Å². The zero-order chi connectivity index (χ0) is 27.4. The van der Waals surface area contributed by atoms with E-state index in [-0.39, 0.29) is 11.8 Å². The lowest BCUT2D eigenvalue weighted by molar-refractivity contribution is -0.127. The Labute approximate surface area is 239 Å². The Morgan fingerprint density at radius 1 is 1.05 bits per heavy atom. The van der Waals surface area contributed by atoms with Gasteiger partial charge < -0.3 is 20.1 Å². The number of H-pyrrole nitrogens is 1. The van der Waals surface area contributed by atoms with Crippen LogP contribution >= 0.6 is 23.2 Å². The average Bonchev–Trinajstić information content (AvgIpc) is 3.36. The topological polar surface area (TPSA) is 81.3 Å². The molecule has 0 saturated carbocycles. The summed E-state index contributed by atoms with van der Waals surface area (Å²) < 4.78 is 0. The number of fused-ring (bicyclic) bond motifs is 1. The van der Waals surface area contributed by atoms with Gasteiger partial charge in [-0.2, -0.15) is 0 Å². The molecule has 0 radical (unpaired) electrons. The Kier molecular flexibility index (Phi) is 8.90. The van der Waals surface area contributed by atoms with E-state index in [1.807, 2.05) is 23.1 Å². The Morgan fingerprint density at radius 2 is 1.82 bits per heavy atom. The van der Waals surface area contributed by atoms with Crippen LogP contribution in [-0.4, -0.2) is 64.3 Å². The van der Waals surface area contributed by atoms with E-state index in [9.17, 15) is 9.59 Å². The van der Waals surface area contributed by atoms with Crippen LogP contribution in [0.5, 0.6) is 0 Å². The molecular weight excluding hydrogens is 533 g/mol.